The third-order valence-electron chi connectivity index (χ3n) is 2.01. The lowest BCUT2D eigenvalue weighted by Gasteiger charge is -2.01. The van der Waals surface area contributed by atoms with Crippen LogP contribution in [0.25, 0.3) is 11.3 Å². The lowest BCUT2D eigenvalue weighted by atomic mass is 10.2. The molecule has 13 heavy (non-hydrogen) atoms. The van der Waals surface area contributed by atoms with Gasteiger partial charge in [-0.2, -0.15) is 5.10 Å². The molecular formula is C10H11N3. The summed E-state index contributed by atoms with van der Waals surface area (Å²) in [6, 6.07) is 6.04. The van der Waals surface area contributed by atoms with E-state index in [1.165, 1.54) is 0 Å². The third kappa shape index (κ3) is 1.45. The summed E-state index contributed by atoms with van der Waals surface area (Å²) in [4.78, 5) is 4.15. The summed E-state index contributed by atoms with van der Waals surface area (Å²) >= 11 is 0. The van der Waals surface area contributed by atoms with Crippen LogP contribution in [0.2, 0.25) is 0 Å². The lowest BCUT2D eigenvalue weighted by molar-refractivity contribution is 0.775. The zero-order chi connectivity index (χ0) is 9.26. The molecule has 0 aliphatic carbocycles. The van der Waals surface area contributed by atoms with Crippen molar-refractivity contribution in [1.29, 1.82) is 0 Å². The quantitative estimate of drug-likeness (QED) is 0.658. The van der Waals surface area contributed by atoms with Crippen LogP contribution in [0.5, 0.6) is 0 Å². The fourth-order valence-electron chi connectivity index (χ4n) is 1.36. The van der Waals surface area contributed by atoms with Crippen molar-refractivity contribution in [2.75, 3.05) is 0 Å². The maximum absolute atomic E-state index is 4.15. The Balaban J connectivity index is 2.53. The van der Waals surface area contributed by atoms with Crippen LogP contribution in [-0.4, -0.2) is 14.8 Å². The summed E-state index contributed by atoms with van der Waals surface area (Å²) in [7, 11) is 1.94. The summed E-state index contributed by atoms with van der Waals surface area (Å²) < 4.78 is 1.86. The first-order valence-corrected chi connectivity index (χ1v) is 4.18. The van der Waals surface area contributed by atoms with E-state index in [1.807, 2.05) is 37.0 Å². The summed E-state index contributed by atoms with van der Waals surface area (Å²) in [5.74, 6) is 0. The second-order valence-corrected chi connectivity index (χ2v) is 3.03. The van der Waals surface area contributed by atoms with Crippen LogP contribution < -0.4 is 0 Å². The van der Waals surface area contributed by atoms with Gasteiger partial charge in [-0.3, -0.25) is 9.67 Å². The third-order valence-corrected chi connectivity index (χ3v) is 2.01. The van der Waals surface area contributed by atoms with Gasteiger partial charge in [0.15, 0.2) is 0 Å². The predicted molar refractivity (Wildman–Crippen MR) is 51.2 cm³/mol. The van der Waals surface area contributed by atoms with Crippen LogP contribution >= 0.6 is 0 Å². The normalized spacial score (nSPS) is 10.3. The first-order chi connectivity index (χ1) is 6.27. The van der Waals surface area contributed by atoms with Gasteiger partial charge in [-0.15, -0.1) is 0 Å². The van der Waals surface area contributed by atoms with E-state index >= 15 is 0 Å². The molecule has 0 aliphatic heterocycles. The molecule has 0 fully saturated rings. The smallest absolute Gasteiger partial charge is 0.0680 e. The molecule has 0 spiro atoms. The molecule has 0 amide bonds. The van der Waals surface area contributed by atoms with E-state index in [-0.39, 0.29) is 0 Å². The number of nitrogens with zero attached hydrogens (tertiary/aromatic N) is 3. The molecule has 0 N–H and O–H groups in total. The molecule has 66 valence electrons. The molecule has 0 aromatic carbocycles. The molecule has 3 heteroatoms. The molecule has 0 saturated carbocycles. The molecule has 2 rings (SSSR count). The summed E-state index contributed by atoms with van der Waals surface area (Å²) in [6.45, 7) is 1.99. The van der Waals surface area contributed by atoms with E-state index in [0.29, 0.717) is 0 Å². The van der Waals surface area contributed by atoms with Gasteiger partial charge in [-0.1, -0.05) is 0 Å². The van der Waals surface area contributed by atoms with Gasteiger partial charge in [0, 0.05) is 30.7 Å². The van der Waals surface area contributed by atoms with E-state index in [0.717, 1.165) is 17.0 Å². The molecule has 0 aliphatic rings. The van der Waals surface area contributed by atoms with Crippen LogP contribution in [0.4, 0.5) is 0 Å². The number of hydrogen-bond donors (Lipinski definition) is 0. The highest BCUT2D eigenvalue weighted by Gasteiger charge is 2.01. The minimum absolute atomic E-state index is 1.03. The number of pyridine rings is 1. The molecule has 0 radical (unpaired) electrons. The molecule has 0 atom stereocenters. The Bertz CT molecular complexity index is 418. The van der Waals surface area contributed by atoms with Crippen molar-refractivity contribution in [2.45, 2.75) is 6.92 Å². The topological polar surface area (TPSA) is 30.7 Å². The van der Waals surface area contributed by atoms with Gasteiger partial charge in [0.05, 0.1) is 5.69 Å². The fraction of sp³-hybridized carbons (Fsp3) is 0.200. The van der Waals surface area contributed by atoms with Gasteiger partial charge >= 0.3 is 0 Å². The van der Waals surface area contributed by atoms with Crippen LogP contribution in [-0.2, 0) is 7.05 Å². The molecule has 0 bridgehead atoms. The Morgan fingerprint density at radius 1 is 1.23 bits per heavy atom. The minimum atomic E-state index is 1.03. The van der Waals surface area contributed by atoms with Crippen LogP contribution in [0.1, 0.15) is 5.69 Å². The van der Waals surface area contributed by atoms with Crippen molar-refractivity contribution >= 4 is 0 Å². The highest BCUT2D eigenvalue weighted by atomic mass is 15.3. The molecule has 3 nitrogen and oxygen atoms in total. The van der Waals surface area contributed by atoms with Crippen molar-refractivity contribution < 1.29 is 0 Å². The number of hydrogen-bond acceptors (Lipinski definition) is 2. The van der Waals surface area contributed by atoms with Crippen molar-refractivity contribution in [3.8, 4) is 11.3 Å². The Kier molecular flexibility index (Phi) is 1.85. The van der Waals surface area contributed by atoms with Crippen LogP contribution in [0.3, 0.4) is 0 Å². The molecular weight excluding hydrogens is 162 g/mol. The first kappa shape index (κ1) is 7.98. The van der Waals surface area contributed by atoms with E-state index in [2.05, 4.69) is 16.1 Å². The first-order valence-electron chi connectivity index (χ1n) is 4.18. The fourth-order valence-corrected chi connectivity index (χ4v) is 1.36. The molecule has 2 aromatic rings. The van der Waals surface area contributed by atoms with Crippen LogP contribution in [0.15, 0.2) is 30.6 Å². The zero-order valence-electron chi connectivity index (χ0n) is 7.73. The van der Waals surface area contributed by atoms with E-state index in [4.69, 9.17) is 0 Å². The SMILES string of the molecule is Cc1cc(-c2ccnn2C)ccn1. The lowest BCUT2D eigenvalue weighted by Crippen LogP contribution is -1.93. The predicted octanol–water partition coefficient (Wildman–Crippen LogP) is 1.79. The van der Waals surface area contributed by atoms with Gasteiger partial charge < -0.3 is 0 Å². The van der Waals surface area contributed by atoms with Gasteiger partial charge in [0.2, 0.25) is 0 Å². The zero-order valence-corrected chi connectivity index (χ0v) is 7.73. The van der Waals surface area contributed by atoms with E-state index in [1.54, 1.807) is 6.20 Å². The highest BCUT2D eigenvalue weighted by Crippen LogP contribution is 2.17. The maximum Gasteiger partial charge on any atom is 0.0680 e. The summed E-state index contributed by atoms with van der Waals surface area (Å²) in [5.41, 5.74) is 3.30. The van der Waals surface area contributed by atoms with Crippen molar-refractivity contribution in [1.82, 2.24) is 14.8 Å². The number of aromatic nitrogens is 3. The van der Waals surface area contributed by atoms with Gasteiger partial charge in [0.25, 0.3) is 0 Å². The van der Waals surface area contributed by atoms with Gasteiger partial charge in [0.1, 0.15) is 0 Å². The Morgan fingerprint density at radius 3 is 2.69 bits per heavy atom. The molecule has 0 unspecified atom stereocenters. The van der Waals surface area contributed by atoms with Gasteiger partial charge in [-0.05, 0) is 25.1 Å². The number of rotatable bonds is 1. The average Bonchev–Trinajstić information content (AvgIpc) is 2.51. The maximum atomic E-state index is 4.15. The molecule has 0 saturated heterocycles. The van der Waals surface area contributed by atoms with Crippen LogP contribution in [0, 0.1) is 6.92 Å². The second-order valence-electron chi connectivity index (χ2n) is 3.03. The van der Waals surface area contributed by atoms with Crippen molar-refractivity contribution in [2.24, 2.45) is 7.05 Å². The minimum Gasteiger partial charge on any atom is -0.268 e. The van der Waals surface area contributed by atoms with Crippen molar-refractivity contribution in [3.05, 3.63) is 36.3 Å². The number of aryl methyl sites for hydroxylation is 2. The van der Waals surface area contributed by atoms with E-state index < -0.39 is 0 Å². The Hall–Kier alpha value is -1.64. The van der Waals surface area contributed by atoms with Gasteiger partial charge in [-0.25, -0.2) is 0 Å². The summed E-state index contributed by atoms with van der Waals surface area (Å²) in [5, 5.41) is 4.12. The molecule has 2 aromatic heterocycles. The average molecular weight is 173 g/mol. The largest absolute Gasteiger partial charge is 0.268 e. The summed E-state index contributed by atoms with van der Waals surface area (Å²) in [6.07, 6.45) is 3.61. The molecule has 2 heterocycles. The monoisotopic (exact) mass is 173 g/mol. The Morgan fingerprint density at radius 2 is 2.08 bits per heavy atom. The van der Waals surface area contributed by atoms with Crippen molar-refractivity contribution in [3.63, 3.8) is 0 Å². The Labute approximate surface area is 77.0 Å². The van der Waals surface area contributed by atoms with E-state index in [9.17, 15) is 0 Å². The standard InChI is InChI=1S/C10H11N3/c1-8-7-9(3-5-11-8)10-4-6-12-13(10)2/h3-7H,1-2H3. The second kappa shape index (κ2) is 3.01. The highest BCUT2D eigenvalue weighted by molar-refractivity contribution is 5.58.